The zero-order chi connectivity index (χ0) is 28.9. The third kappa shape index (κ3) is 8.97. The average molecular weight is 547 g/mol. The van der Waals surface area contributed by atoms with Gasteiger partial charge in [-0.2, -0.15) is 0 Å². The molecule has 0 aliphatic carbocycles. The summed E-state index contributed by atoms with van der Waals surface area (Å²) in [7, 11) is 3.99. The second kappa shape index (κ2) is 15.8. The molecule has 0 saturated heterocycles. The quantitative estimate of drug-likeness (QED) is 0.181. The van der Waals surface area contributed by atoms with E-state index in [0.29, 0.717) is 29.2 Å². The SMILES string of the molecule is CCCC(CN(C)c1ncnc(N(C)CC(CCC)c2ccccc2)c1OC(=O)OCC(C)C)c1ccccc1. The third-order valence-electron chi connectivity index (χ3n) is 7.01. The number of carbonyl (C=O) groups excluding carboxylic acids is 1. The lowest BCUT2D eigenvalue weighted by molar-refractivity contribution is 0.0886. The molecule has 2 atom stereocenters. The van der Waals surface area contributed by atoms with Gasteiger partial charge in [0.25, 0.3) is 0 Å². The third-order valence-corrected chi connectivity index (χ3v) is 7.01. The molecule has 0 aliphatic heterocycles. The summed E-state index contributed by atoms with van der Waals surface area (Å²) in [6, 6.07) is 21.1. The van der Waals surface area contributed by atoms with Crippen molar-refractivity contribution in [3.63, 3.8) is 0 Å². The smallest absolute Gasteiger partial charge is 0.434 e. The minimum absolute atomic E-state index is 0.199. The van der Waals surface area contributed by atoms with Crippen LogP contribution in [-0.2, 0) is 4.74 Å². The lowest BCUT2D eigenvalue weighted by Crippen LogP contribution is -2.30. The Hall–Kier alpha value is -3.61. The van der Waals surface area contributed by atoms with Crippen LogP contribution in [0.1, 0.15) is 76.3 Å². The Kier molecular flexibility index (Phi) is 12.3. The van der Waals surface area contributed by atoms with Crippen LogP contribution in [-0.4, -0.2) is 49.9 Å². The number of benzene rings is 2. The molecule has 0 aliphatic rings. The molecule has 0 bridgehead atoms. The van der Waals surface area contributed by atoms with E-state index >= 15 is 0 Å². The van der Waals surface area contributed by atoms with E-state index in [-0.39, 0.29) is 12.5 Å². The van der Waals surface area contributed by atoms with Crippen molar-refractivity contribution >= 4 is 17.8 Å². The van der Waals surface area contributed by atoms with E-state index in [1.54, 1.807) is 6.33 Å². The summed E-state index contributed by atoms with van der Waals surface area (Å²) >= 11 is 0. The van der Waals surface area contributed by atoms with Gasteiger partial charge in [-0.1, -0.05) is 101 Å². The van der Waals surface area contributed by atoms with Crippen molar-refractivity contribution in [3.8, 4) is 5.75 Å². The molecule has 0 fully saturated rings. The van der Waals surface area contributed by atoms with E-state index in [1.165, 1.54) is 11.1 Å². The predicted molar refractivity (Wildman–Crippen MR) is 164 cm³/mol. The van der Waals surface area contributed by atoms with Crippen molar-refractivity contribution in [1.29, 1.82) is 0 Å². The number of likely N-dealkylation sites (N-methyl/N-ethyl adjacent to an activating group) is 2. The maximum Gasteiger partial charge on any atom is 0.514 e. The van der Waals surface area contributed by atoms with Crippen LogP contribution in [0, 0.1) is 5.92 Å². The van der Waals surface area contributed by atoms with Crippen LogP contribution in [0.25, 0.3) is 0 Å². The fourth-order valence-electron chi connectivity index (χ4n) is 5.05. The van der Waals surface area contributed by atoms with Gasteiger partial charge in [0.2, 0.25) is 5.75 Å². The van der Waals surface area contributed by atoms with Crippen LogP contribution in [0.3, 0.4) is 0 Å². The summed E-state index contributed by atoms with van der Waals surface area (Å²) in [5, 5.41) is 0. The Morgan fingerprint density at radius 1 is 0.775 bits per heavy atom. The van der Waals surface area contributed by atoms with E-state index in [2.05, 4.69) is 82.1 Å². The van der Waals surface area contributed by atoms with Crippen LogP contribution >= 0.6 is 0 Å². The molecule has 216 valence electrons. The Bertz CT molecular complexity index is 1080. The van der Waals surface area contributed by atoms with Gasteiger partial charge < -0.3 is 19.3 Å². The Morgan fingerprint density at radius 3 is 1.62 bits per heavy atom. The fourth-order valence-corrected chi connectivity index (χ4v) is 5.05. The minimum Gasteiger partial charge on any atom is -0.434 e. The van der Waals surface area contributed by atoms with E-state index in [9.17, 15) is 4.79 Å². The standard InChI is InChI=1S/C33H46N4O3/c1-7-15-28(26-17-11-9-12-18-26)21-36(5)31-30(40-33(38)39-23-25(3)4)32(35-24-34-31)37(6)22-29(16-8-2)27-19-13-10-14-20-27/h9-14,17-20,24-25,28-29H,7-8,15-16,21-23H2,1-6H3. The lowest BCUT2D eigenvalue weighted by atomic mass is 9.94. The molecule has 3 rings (SSSR count). The number of ether oxygens (including phenoxy) is 2. The van der Waals surface area contributed by atoms with Crippen molar-refractivity contribution < 1.29 is 14.3 Å². The van der Waals surface area contributed by atoms with Crippen molar-refractivity contribution in [2.75, 3.05) is 43.6 Å². The highest BCUT2D eigenvalue weighted by molar-refractivity contribution is 5.74. The van der Waals surface area contributed by atoms with Crippen LogP contribution in [0.2, 0.25) is 0 Å². The van der Waals surface area contributed by atoms with Crippen molar-refractivity contribution in [2.45, 2.75) is 65.2 Å². The average Bonchev–Trinajstić information content (AvgIpc) is 2.96. The maximum absolute atomic E-state index is 12.8. The highest BCUT2D eigenvalue weighted by atomic mass is 16.7. The highest BCUT2D eigenvalue weighted by Gasteiger charge is 2.26. The second-order valence-corrected chi connectivity index (χ2v) is 11.0. The number of nitrogens with zero attached hydrogens (tertiary/aromatic N) is 4. The first-order valence-electron chi connectivity index (χ1n) is 14.6. The van der Waals surface area contributed by atoms with Gasteiger partial charge in [0, 0.05) is 39.0 Å². The summed E-state index contributed by atoms with van der Waals surface area (Å²) in [5.41, 5.74) is 2.57. The van der Waals surface area contributed by atoms with E-state index in [4.69, 9.17) is 9.47 Å². The molecule has 0 saturated carbocycles. The largest absolute Gasteiger partial charge is 0.514 e. The molecule has 0 amide bonds. The number of carbonyl (C=O) groups is 1. The molecule has 3 aromatic rings. The van der Waals surface area contributed by atoms with Gasteiger partial charge >= 0.3 is 6.16 Å². The molecular formula is C33H46N4O3. The van der Waals surface area contributed by atoms with Crippen LogP contribution in [0.4, 0.5) is 16.4 Å². The van der Waals surface area contributed by atoms with Gasteiger partial charge in [-0.15, -0.1) is 0 Å². The predicted octanol–water partition coefficient (Wildman–Crippen LogP) is 7.69. The first-order valence-corrected chi connectivity index (χ1v) is 14.6. The molecule has 0 N–H and O–H groups in total. The summed E-state index contributed by atoms with van der Waals surface area (Å²) in [4.78, 5) is 26.2. The van der Waals surface area contributed by atoms with E-state index in [0.717, 1.165) is 38.8 Å². The zero-order valence-corrected chi connectivity index (χ0v) is 25.0. The Morgan fingerprint density at radius 2 is 1.23 bits per heavy atom. The fraction of sp³-hybridized carbons (Fsp3) is 0.485. The molecule has 0 radical (unpaired) electrons. The molecule has 7 nitrogen and oxygen atoms in total. The minimum atomic E-state index is -0.742. The topological polar surface area (TPSA) is 67.8 Å². The highest BCUT2D eigenvalue weighted by Crippen LogP contribution is 2.37. The van der Waals surface area contributed by atoms with Crippen molar-refractivity contribution in [3.05, 3.63) is 78.1 Å². The molecule has 7 heteroatoms. The summed E-state index contributed by atoms with van der Waals surface area (Å²) in [5.74, 6) is 2.28. The first kappa shape index (κ1) is 30.9. The summed E-state index contributed by atoms with van der Waals surface area (Å²) < 4.78 is 11.3. The second-order valence-electron chi connectivity index (χ2n) is 11.0. The van der Waals surface area contributed by atoms with Crippen molar-refractivity contribution in [1.82, 2.24) is 9.97 Å². The first-order chi connectivity index (χ1) is 19.3. The molecule has 1 aromatic heterocycles. The zero-order valence-electron chi connectivity index (χ0n) is 25.0. The number of aromatic nitrogens is 2. The van der Waals surface area contributed by atoms with Gasteiger partial charge in [-0.05, 0) is 29.9 Å². The monoisotopic (exact) mass is 546 g/mol. The van der Waals surface area contributed by atoms with E-state index in [1.807, 2.05) is 40.1 Å². The summed E-state index contributed by atoms with van der Waals surface area (Å²) in [6.07, 6.45) is 5.01. The van der Waals surface area contributed by atoms with Gasteiger partial charge in [0.1, 0.15) is 6.33 Å². The Balaban J connectivity index is 1.94. The number of hydrogen-bond acceptors (Lipinski definition) is 7. The van der Waals surface area contributed by atoms with Gasteiger partial charge in [-0.3, -0.25) is 0 Å². The van der Waals surface area contributed by atoms with Crippen LogP contribution in [0.15, 0.2) is 67.0 Å². The van der Waals surface area contributed by atoms with Crippen LogP contribution < -0.4 is 14.5 Å². The number of anilines is 2. The lowest BCUT2D eigenvalue weighted by Gasteiger charge is -2.30. The van der Waals surface area contributed by atoms with Crippen molar-refractivity contribution in [2.24, 2.45) is 5.92 Å². The normalized spacial score (nSPS) is 12.6. The van der Waals surface area contributed by atoms with Crippen LogP contribution in [0.5, 0.6) is 5.75 Å². The molecular weight excluding hydrogens is 500 g/mol. The van der Waals surface area contributed by atoms with Gasteiger partial charge in [0.15, 0.2) is 11.6 Å². The molecule has 2 aromatic carbocycles. The molecule has 2 unspecified atom stereocenters. The van der Waals surface area contributed by atoms with Gasteiger partial charge in [-0.25, -0.2) is 14.8 Å². The molecule has 1 heterocycles. The molecule has 0 spiro atoms. The number of rotatable bonds is 15. The van der Waals surface area contributed by atoms with E-state index < -0.39 is 6.16 Å². The maximum atomic E-state index is 12.8. The Labute approximate surface area is 240 Å². The molecule has 40 heavy (non-hydrogen) atoms. The number of hydrogen-bond donors (Lipinski definition) is 0. The summed E-state index contributed by atoms with van der Waals surface area (Å²) in [6.45, 7) is 10.1. The van der Waals surface area contributed by atoms with Gasteiger partial charge in [0.05, 0.1) is 6.61 Å².